The van der Waals surface area contributed by atoms with Gasteiger partial charge in [0.2, 0.25) is 0 Å². The fourth-order valence-corrected chi connectivity index (χ4v) is 4.58. The SMILES string of the molecule is NC(N)=NCCCC(N)C(=O)c1c(CC(=O)OCc2ccccc2)c2c(C(=O)C(N)CCCN=C(N)N)cccc2oc1=O. The molecule has 14 nitrogen and oxygen atoms in total. The van der Waals surface area contributed by atoms with Crippen molar-refractivity contribution < 1.29 is 23.5 Å². The number of benzene rings is 2. The fraction of sp³-hybridized carbons (Fsp3) is 0.333. The van der Waals surface area contributed by atoms with Gasteiger partial charge < -0.3 is 43.6 Å². The second-order valence-electron chi connectivity index (χ2n) is 10.1. The lowest BCUT2D eigenvalue weighted by Gasteiger charge is -2.17. The summed E-state index contributed by atoms with van der Waals surface area (Å²) in [6.45, 7) is 0.444. The van der Waals surface area contributed by atoms with E-state index in [1.807, 2.05) is 6.07 Å². The number of ketones is 2. The highest BCUT2D eigenvalue weighted by atomic mass is 16.5. The topological polar surface area (TPSA) is 271 Å². The number of nitrogens with zero attached hydrogens (tertiary/aromatic N) is 2. The van der Waals surface area contributed by atoms with Crippen LogP contribution in [0.5, 0.6) is 0 Å². The van der Waals surface area contributed by atoms with Crippen LogP contribution in [0.2, 0.25) is 0 Å². The maximum atomic E-state index is 13.6. The smallest absolute Gasteiger partial charge is 0.347 e. The monoisotopic (exact) mass is 606 g/mol. The van der Waals surface area contributed by atoms with Crippen LogP contribution in [0.25, 0.3) is 11.0 Å². The van der Waals surface area contributed by atoms with Gasteiger partial charge in [0.05, 0.1) is 18.5 Å². The number of carbonyl (C=O) groups excluding carboxylic acids is 3. The molecule has 0 spiro atoms. The van der Waals surface area contributed by atoms with Crippen molar-refractivity contribution in [1.82, 2.24) is 0 Å². The molecule has 0 aliphatic carbocycles. The maximum absolute atomic E-state index is 13.6. The van der Waals surface area contributed by atoms with E-state index in [4.69, 9.17) is 43.6 Å². The molecule has 0 aliphatic heterocycles. The van der Waals surface area contributed by atoms with E-state index in [1.165, 1.54) is 18.2 Å². The van der Waals surface area contributed by atoms with E-state index >= 15 is 0 Å². The van der Waals surface area contributed by atoms with Gasteiger partial charge in [0.15, 0.2) is 23.5 Å². The average Bonchev–Trinajstić information content (AvgIpc) is 2.99. The van der Waals surface area contributed by atoms with Gasteiger partial charge >= 0.3 is 11.6 Å². The van der Waals surface area contributed by atoms with Gasteiger partial charge in [0, 0.05) is 24.0 Å². The van der Waals surface area contributed by atoms with E-state index in [0.717, 1.165) is 5.56 Å². The van der Waals surface area contributed by atoms with Crippen LogP contribution in [0.4, 0.5) is 0 Å². The number of ether oxygens (including phenoxy) is 1. The first-order valence-corrected chi connectivity index (χ1v) is 14.0. The predicted molar refractivity (Wildman–Crippen MR) is 167 cm³/mol. The Balaban J connectivity index is 2.04. The Morgan fingerprint density at radius 1 is 0.795 bits per heavy atom. The fourth-order valence-electron chi connectivity index (χ4n) is 4.58. The number of fused-ring (bicyclic) bond motifs is 1. The lowest BCUT2D eigenvalue weighted by molar-refractivity contribution is -0.144. The molecular weight excluding hydrogens is 568 g/mol. The van der Waals surface area contributed by atoms with Crippen LogP contribution in [-0.2, 0) is 22.6 Å². The van der Waals surface area contributed by atoms with Crippen LogP contribution in [0.3, 0.4) is 0 Å². The Morgan fingerprint density at radius 2 is 1.39 bits per heavy atom. The van der Waals surface area contributed by atoms with Crippen molar-refractivity contribution in [3.05, 3.63) is 81.2 Å². The molecule has 12 N–H and O–H groups in total. The molecule has 44 heavy (non-hydrogen) atoms. The van der Waals surface area contributed by atoms with Crippen molar-refractivity contribution in [2.75, 3.05) is 13.1 Å². The Bertz CT molecular complexity index is 1590. The van der Waals surface area contributed by atoms with E-state index < -0.39 is 47.2 Å². The number of guanidine groups is 2. The van der Waals surface area contributed by atoms with Gasteiger partial charge in [-0.3, -0.25) is 24.4 Å². The standard InChI is InChI=1S/C30H38N8O6/c31-20(10-5-13-37-29(33)34)26(40)18-9-4-12-22-24(18)19(15-23(39)43-16-17-7-2-1-3-8-17)25(28(42)44-22)27(41)21(32)11-6-14-38-30(35)36/h1-4,7-9,12,20-21H,5-6,10-11,13-16,31-32H2,(H4,33,34,37)(H4,35,36,38). The molecule has 0 bridgehead atoms. The molecule has 3 aromatic rings. The third-order valence-corrected chi connectivity index (χ3v) is 6.72. The molecule has 2 unspecified atom stereocenters. The summed E-state index contributed by atoms with van der Waals surface area (Å²) in [4.78, 5) is 61.3. The minimum atomic E-state index is -1.15. The molecule has 0 fully saturated rings. The van der Waals surface area contributed by atoms with Crippen molar-refractivity contribution in [2.24, 2.45) is 44.4 Å². The van der Waals surface area contributed by atoms with Crippen LogP contribution < -0.4 is 40.0 Å². The quantitative estimate of drug-likeness (QED) is 0.0319. The number of aliphatic imine (C=N–C) groups is 2. The Morgan fingerprint density at radius 3 is 1.98 bits per heavy atom. The normalized spacial score (nSPS) is 12.2. The summed E-state index contributed by atoms with van der Waals surface area (Å²) < 4.78 is 10.9. The van der Waals surface area contributed by atoms with Crippen LogP contribution in [0.15, 0.2) is 67.7 Å². The minimum Gasteiger partial charge on any atom is -0.461 e. The van der Waals surface area contributed by atoms with Gasteiger partial charge in [-0.2, -0.15) is 0 Å². The van der Waals surface area contributed by atoms with Gasteiger partial charge in [-0.1, -0.05) is 42.5 Å². The number of esters is 1. The Kier molecular flexibility index (Phi) is 12.1. The predicted octanol–water partition coefficient (Wildman–Crippen LogP) is 0.206. The molecule has 14 heteroatoms. The number of carbonyl (C=O) groups is 3. The van der Waals surface area contributed by atoms with Crippen molar-refractivity contribution in [1.29, 1.82) is 0 Å². The summed E-state index contributed by atoms with van der Waals surface area (Å²) in [5, 5.41) is 0.101. The van der Waals surface area contributed by atoms with E-state index in [9.17, 15) is 19.2 Å². The molecule has 0 aliphatic rings. The van der Waals surface area contributed by atoms with E-state index in [2.05, 4.69) is 9.98 Å². The summed E-state index contributed by atoms with van der Waals surface area (Å²) >= 11 is 0. The number of nitrogens with two attached hydrogens (primary N) is 6. The number of Topliss-reactive ketones (excluding diaryl/α,β-unsaturated/α-hetero) is 2. The summed E-state index contributed by atoms with van der Waals surface area (Å²) in [6.07, 6.45) is 0.620. The Labute approximate surface area is 253 Å². The minimum absolute atomic E-state index is 0.00251. The van der Waals surface area contributed by atoms with Crippen LogP contribution in [0, 0.1) is 0 Å². The van der Waals surface area contributed by atoms with Gasteiger partial charge in [-0.25, -0.2) is 4.79 Å². The molecule has 1 aromatic heterocycles. The number of hydrogen-bond acceptors (Lipinski definition) is 10. The van der Waals surface area contributed by atoms with Gasteiger partial charge in [-0.15, -0.1) is 0 Å². The highest BCUT2D eigenvalue weighted by Gasteiger charge is 2.30. The number of rotatable bonds is 16. The summed E-state index contributed by atoms with van der Waals surface area (Å²) in [5.41, 5.74) is 33.1. The van der Waals surface area contributed by atoms with Crippen molar-refractivity contribution in [3.63, 3.8) is 0 Å². The van der Waals surface area contributed by atoms with E-state index in [0.29, 0.717) is 12.8 Å². The van der Waals surface area contributed by atoms with E-state index in [1.54, 1.807) is 24.3 Å². The molecule has 1 heterocycles. The highest BCUT2D eigenvalue weighted by Crippen LogP contribution is 2.28. The third kappa shape index (κ3) is 9.21. The molecule has 3 rings (SSSR count). The Hall–Kier alpha value is -5.08. The van der Waals surface area contributed by atoms with Crippen LogP contribution >= 0.6 is 0 Å². The first-order chi connectivity index (χ1) is 21.0. The molecule has 0 amide bonds. The van der Waals surface area contributed by atoms with Gasteiger partial charge in [0.1, 0.15) is 17.8 Å². The first-order valence-electron chi connectivity index (χ1n) is 14.0. The molecule has 0 saturated heterocycles. The largest absolute Gasteiger partial charge is 0.461 e. The van der Waals surface area contributed by atoms with Gasteiger partial charge in [0.25, 0.3) is 0 Å². The third-order valence-electron chi connectivity index (χ3n) is 6.72. The lowest BCUT2D eigenvalue weighted by Crippen LogP contribution is -2.36. The first kappa shape index (κ1) is 33.4. The van der Waals surface area contributed by atoms with Gasteiger partial charge in [-0.05, 0) is 42.9 Å². The highest BCUT2D eigenvalue weighted by molar-refractivity contribution is 6.13. The van der Waals surface area contributed by atoms with E-state index in [-0.39, 0.29) is 66.6 Å². The second kappa shape index (κ2) is 16.0. The summed E-state index contributed by atoms with van der Waals surface area (Å²) in [5.74, 6) is -2.18. The molecule has 2 atom stereocenters. The van der Waals surface area contributed by atoms with Crippen molar-refractivity contribution in [2.45, 2.75) is 50.8 Å². The molecule has 2 aromatic carbocycles. The molecule has 0 radical (unpaired) electrons. The number of hydrogen-bond donors (Lipinski definition) is 6. The summed E-state index contributed by atoms with van der Waals surface area (Å²) in [6, 6.07) is 11.3. The van der Waals surface area contributed by atoms with Crippen molar-refractivity contribution >= 4 is 40.4 Å². The summed E-state index contributed by atoms with van der Waals surface area (Å²) in [7, 11) is 0. The average molecular weight is 607 g/mol. The second-order valence-corrected chi connectivity index (χ2v) is 10.1. The molecule has 0 saturated carbocycles. The lowest BCUT2D eigenvalue weighted by atomic mass is 9.89. The zero-order valence-electron chi connectivity index (χ0n) is 24.2. The molecular formula is C30H38N8O6. The van der Waals surface area contributed by atoms with Crippen LogP contribution in [0.1, 0.15) is 57.5 Å². The van der Waals surface area contributed by atoms with Crippen LogP contribution in [-0.4, -0.2) is 54.6 Å². The zero-order chi connectivity index (χ0) is 32.2. The van der Waals surface area contributed by atoms with Crippen molar-refractivity contribution in [3.8, 4) is 0 Å². The maximum Gasteiger partial charge on any atom is 0.347 e. The zero-order valence-corrected chi connectivity index (χ0v) is 24.2. The molecule has 234 valence electrons.